The van der Waals surface area contributed by atoms with Gasteiger partial charge in [0.25, 0.3) is 0 Å². The first-order valence-corrected chi connectivity index (χ1v) is 9.41. The lowest BCUT2D eigenvalue weighted by Crippen LogP contribution is -2.57. The van der Waals surface area contributed by atoms with E-state index in [4.69, 9.17) is 4.74 Å². The number of aliphatic hydroxyl groups excluding tert-OH is 2. The van der Waals surface area contributed by atoms with Gasteiger partial charge in [-0.05, 0) is 61.5 Å². The number of hydrogen-bond donors (Lipinski definition) is 2. The van der Waals surface area contributed by atoms with Gasteiger partial charge in [0.2, 0.25) is 0 Å². The van der Waals surface area contributed by atoms with Crippen LogP contribution in [-0.4, -0.2) is 34.5 Å². The Balaban J connectivity index is 1.75. The highest BCUT2D eigenvalue weighted by Crippen LogP contribution is 2.61. The topological polar surface area (TPSA) is 62.6 Å². The number of fused-ring (bicyclic) bond motifs is 1. The molecular formula is C21H31NO3. The minimum atomic E-state index is -0.421. The quantitative estimate of drug-likeness (QED) is 0.801. The van der Waals surface area contributed by atoms with Crippen LogP contribution in [0.3, 0.4) is 0 Å². The predicted molar refractivity (Wildman–Crippen MR) is 98.2 cm³/mol. The van der Waals surface area contributed by atoms with Gasteiger partial charge >= 0.3 is 0 Å². The van der Waals surface area contributed by atoms with E-state index in [0.29, 0.717) is 18.4 Å². The number of aliphatic hydroxyl groups is 2. The summed E-state index contributed by atoms with van der Waals surface area (Å²) in [6, 6.07) is 3.75. The average molecular weight is 345 g/mol. The lowest BCUT2D eigenvalue weighted by Gasteiger charge is -2.60. The normalized spacial score (nSPS) is 38.2. The van der Waals surface area contributed by atoms with E-state index in [1.54, 1.807) is 12.4 Å². The summed E-state index contributed by atoms with van der Waals surface area (Å²) in [5.74, 6) is 1.52. The van der Waals surface area contributed by atoms with Crippen LogP contribution >= 0.6 is 0 Å². The Morgan fingerprint density at radius 3 is 2.68 bits per heavy atom. The van der Waals surface area contributed by atoms with Crippen molar-refractivity contribution in [2.45, 2.75) is 52.1 Å². The van der Waals surface area contributed by atoms with Crippen LogP contribution in [0.4, 0.5) is 0 Å². The fraction of sp³-hybridized carbons (Fsp3) is 0.667. The van der Waals surface area contributed by atoms with Crippen molar-refractivity contribution in [1.82, 2.24) is 4.98 Å². The van der Waals surface area contributed by atoms with Crippen LogP contribution in [0.15, 0.2) is 36.7 Å². The first kappa shape index (κ1) is 18.4. The summed E-state index contributed by atoms with van der Waals surface area (Å²) < 4.78 is 5.90. The fourth-order valence-electron chi connectivity index (χ4n) is 5.46. The largest absolute Gasteiger partial charge is 0.493 e. The van der Waals surface area contributed by atoms with Gasteiger partial charge in [0, 0.05) is 17.8 Å². The van der Waals surface area contributed by atoms with Crippen LogP contribution in [0.1, 0.15) is 46.0 Å². The lowest BCUT2D eigenvalue weighted by atomic mass is 9.46. The van der Waals surface area contributed by atoms with Crippen LogP contribution < -0.4 is 4.74 Å². The van der Waals surface area contributed by atoms with Crippen molar-refractivity contribution in [3.8, 4) is 5.75 Å². The Bertz CT molecular complexity index is 604. The Morgan fingerprint density at radius 1 is 1.28 bits per heavy atom. The second-order valence-electron chi connectivity index (χ2n) is 8.35. The third kappa shape index (κ3) is 3.22. The summed E-state index contributed by atoms with van der Waals surface area (Å²) >= 11 is 0. The van der Waals surface area contributed by atoms with E-state index >= 15 is 0 Å². The van der Waals surface area contributed by atoms with Crippen molar-refractivity contribution in [3.05, 3.63) is 36.7 Å². The molecule has 2 aliphatic carbocycles. The molecule has 25 heavy (non-hydrogen) atoms. The minimum Gasteiger partial charge on any atom is -0.493 e. The average Bonchev–Trinajstić information content (AvgIpc) is 2.62. The Kier molecular flexibility index (Phi) is 5.21. The van der Waals surface area contributed by atoms with E-state index in [2.05, 4.69) is 25.4 Å². The second-order valence-corrected chi connectivity index (χ2v) is 8.35. The van der Waals surface area contributed by atoms with E-state index in [1.807, 2.05) is 12.1 Å². The van der Waals surface area contributed by atoms with Crippen molar-refractivity contribution < 1.29 is 14.9 Å². The van der Waals surface area contributed by atoms with Crippen molar-refractivity contribution in [2.75, 3.05) is 13.2 Å². The molecule has 5 atom stereocenters. The molecule has 2 saturated carbocycles. The number of ether oxygens (including phenoxy) is 1. The summed E-state index contributed by atoms with van der Waals surface area (Å²) in [6.07, 6.45) is 7.69. The van der Waals surface area contributed by atoms with Crippen molar-refractivity contribution >= 4 is 0 Å². The minimum absolute atomic E-state index is 0.0428. The molecule has 1 heterocycles. The molecule has 0 bridgehead atoms. The lowest BCUT2D eigenvalue weighted by molar-refractivity contribution is -0.152. The third-order valence-corrected chi connectivity index (χ3v) is 7.02. The van der Waals surface area contributed by atoms with Crippen LogP contribution in [-0.2, 0) is 0 Å². The van der Waals surface area contributed by atoms with Crippen molar-refractivity contribution in [2.24, 2.45) is 22.7 Å². The van der Waals surface area contributed by atoms with Crippen LogP contribution in [0, 0.1) is 22.7 Å². The molecule has 2 N–H and O–H groups in total. The molecule has 2 aliphatic rings. The highest BCUT2D eigenvalue weighted by atomic mass is 16.5. The number of pyridine rings is 1. The van der Waals surface area contributed by atoms with Crippen LogP contribution in [0.2, 0.25) is 0 Å². The Morgan fingerprint density at radius 2 is 2.00 bits per heavy atom. The number of rotatable bonds is 5. The van der Waals surface area contributed by atoms with Crippen LogP contribution in [0.5, 0.6) is 5.75 Å². The molecule has 0 radical (unpaired) electrons. The van der Waals surface area contributed by atoms with Gasteiger partial charge in [-0.1, -0.05) is 26.0 Å². The maximum atomic E-state index is 10.5. The zero-order valence-electron chi connectivity index (χ0n) is 15.4. The summed E-state index contributed by atoms with van der Waals surface area (Å²) in [6.45, 7) is 9.44. The molecule has 0 saturated heterocycles. The van der Waals surface area contributed by atoms with Gasteiger partial charge in [-0.3, -0.25) is 4.98 Å². The summed E-state index contributed by atoms with van der Waals surface area (Å²) in [5, 5.41) is 20.6. The molecule has 2 fully saturated rings. The van der Waals surface area contributed by atoms with Gasteiger partial charge in [-0.25, -0.2) is 0 Å². The first-order valence-electron chi connectivity index (χ1n) is 9.41. The Hall–Kier alpha value is -1.39. The summed E-state index contributed by atoms with van der Waals surface area (Å²) in [5.41, 5.74) is 0.944. The number of nitrogens with zero attached hydrogens (tertiary/aromatic N) is 1. The molecular weight excluding hydrogens is 314 g/mol. The maximum Gasteiger partial charge on any atom is 0.122 e. The first-order chi connectivity index (χ1) is 11.9. The van der Waals surface area contributed by atoms with Gasteiger partial charge < -0.3 is 14.9 Å². The third-order valence-electron chi connectivity index (χ3n) is 7.02. The molecule has 138 valence electrons. The maximum absolute atomic E-state index is 10.5. The smallest absolute Gasteiger partial charge is 0.122 e. The standard InChI is InChI=1S/C21H31NO3/c1-15-4-5-18-20(2,10-6-19(24)21(18,3)14-23)17(15)9-13-25-16-7-11-22-12-8-16/h7-8,11-12,17-19,23-24H,1,4-6,9-10,13-14H2,2-3H3/t17?,18?,19?,20?,21-/m0/s1. The van der Waals surface area contributed by atoms with E-state index in [0.717, 1.165) is 37.9 Å². The molecule has 0 aliphatic heterocycles. The Labute approximate surface area is 150 Å². The van der Waals surface area contributed by atoms with E-state index in [1.165, 1.54) is 5.57 Å². The molecule has 1 aromatic heterocycles. The highest BCUT2D eigenvalue weighted by molar-refractivity contribution is 5.19. The second kappa shape index (κ2) is 7.08. The highest BCUT2D eigenvalue weighted by Gasteiger charge is 2.57. The molecule has 4 unspecified atom stereocenters. The zero-order chi connectivity index (χ0) is 18.1. The molecule has 0 amide bonds. The molecule has 4 nitrogen and oxygen atoms in total. The SMILES string of the molecule is C=C1CCC2C(C)(CCC(O)[C@@]2(C)CO)C1CCOc1ccncc1. The summed E-state index contributed by atoms with van der Waals surface area (Å²) in [7, 11) is 0. The molecule has 3 rings (SSSR count). The van der Waals surface area contributed by atoms with Gasteiger partial charge in [0.15, 0.2) is 0 Å². The number of aromatic nitrogens is 1. The van der Waals surface area contributed by atoms with Crippen LogP contribution in [0.25, 0.3) is 0 Å². The molecule has 0 spiro atoms. The number of allylic oxidation sites excluding steroid dienone is 1. The predicted octanol–water partition coefficient (Wildman–Crippen LogP) is 3.59. The van der Waals surface area contributed by atoms with Crippen molar-refractivity contribution in [1.29, 1.82) is 0 Å². The van der Waals surface area contributed by atoms with Gasteiger partial charge in [-0.15, -0.1) is 0 Å². The van der Waals surface area contributed by atoms with Gasteiger partial charge in [0.05, 0.1) is 19.3 Å². The summed E-state index contributed by atoms with van der Waals surface area (Å²) in [4.78, 5) is 4.01. The zero-order valence-corrected chi connectivity index (χ0v) is 15.4. The number of hydrogen-bond acceptors (Lipinski definition) is 4. The van der Waals surface area contributed by atoms with Gasteiger partial charge in [-0.2, -0.15) is 0 Å². The van der Waals surface area contributed by atoms with E-state index in [-0.39, 0.29) is 12.0 Å². The fourth-order valence-corrected chi connectivity index (χ4v) is 5.46. The van der Waals surface area contributed by atoms with E-state index in [9.17, 15) is 10.2 Å². The molecule has 1 aromatic rings. The monoisotopic (exact) mass is 345 g/mol. The molecule has 0 aromatic carbocycles. The van der Waals surface area contributed by atoms with E-state index < -0.39 is 11.5 Å². The van der Waals surface area contributed by atoms with Gasteiger partial charge in [0.1, 0.15) is 5.75 Å². The van der Waals surface area contributed by atoms with Crippen molar-refractivity contribution in [3.63, 3.8) is 0 Å². The molecule has 4 heteroatoms.